The molecule has 184 valence electrons. The molecule has 0 saturated carbocycles. The van der Waals surface area contributed by atoms with E-state index in [2.05, 4.69) is 20.1 Å². The van der Waals surface area contributed by atoms with Crippen LogP contribution in [0.15, 0.2) is 23.6 Å². The van der Waals surface area contributed by atoms with Gasteiger partial charge in [-0.25, -0.2) is 0 Å². The number of unbranched alkanes of at least 4 members (excludes halogenated alkanes) is 15. The second kappa shape index (κ2) is 26.3. The maximum absolute atomic E-state index is 11.3. The lowest BCUT2D eigenvalue weighted by molar-refractivity contribution is 0.486. The van der Waals surface area contributed by atoms with E-state index in [-0.39, 0.29) is 17.2 Å². The molecule has 0 aliphatic rings. The molecule has 0 heterocycles. The Morgan fingerprint density at radius 2 is 0.900 bits per heavy atom. The summed E-state index contributed by atoms with van der Waals surface area (Å²) in [6.45, 7) is 11.8. The van der Waals surface area contributed by atoms with E-state index in [4.69, 9.17) is 0 Å². The third-order valence-electron chi connectivity index (χ3n) is 5.13. The molecule has 0 bridgehead atoms. The van der Waals surface area contributed by atoms with E-state index in [1.165, 1.54) is 89.9 Å². The first-order valence-corrected chi connectivity index (χ1v) is 13.0. The minimum atomic E-state index is -4.01. The first-order chi connectivity index (χ1) is 13.4. The molecule has 0 unspecified atom stereocenters. The third-order valence-corrected chi connectivity index (χ3v) is 6.36. The Labute approximate surface area is 189 Å². The van der Waals surface area contributed by atoms with Crippen molar-refractivity contribution in [2.45, 2.75) is 130 Å². The molecule has 0 aliphatic carbocycles. The van der Waals surface area contributed by atoms with Crippen LogP contribution in [0.25, 0.3) is 0 Å². The van der Waals surface area contributed by atoms with E-state index in [0.29, 0.717) is 12.0 Å². The molecule has 0 aromatic heterocycles. The van der Waals surface area contributed by atoms with Crippen LogP contribution in [0.4, 0.5) is 0 Å². The lowest BCUT2D eigenvalue weighted by Crippen LogP contribution is -2.04. The zero-order chi connectivity index (χ0) is 21.7. The van der Waals surface area contributed by atoms with Crippen LogP contribution in [0.5, 0.6) is 0 Å². The maximum Gasteiger partial charge on any atom is 0.290 e. The van der Waals surface area contributed by atoms with Crippen LogP contribution in [-0.4, -0.2) is 13.0 Å². The molecule has 0 aliphatic heterocycles. The quantitative estimate of drug-likeness (QED) is 0.109. The first kappa shape index (κ1) is 36.7. The minimum Gasteiger partial charge on any atom is -0.344 e. The van der Waals surface area contributed by atoms with Crippen molar-refractivity contribution in [1.82, 2.24) is 12.3 Å². The van der Waals surface area contributed by atoms with Crippen molar-refractivity contribution in [1.29, 1.82) is 0 Å². The van der Waals surface area contributed by atoms with Crippen LogP contribution < -0.4 is 12.3 Å². The fourth-order valence-corrected chi connectivity index (χ4v) is 4.39. The van der Waals surface area contributed by atoms with E-state index in [0.717, 1.165) is 12.8 Å². The fraction of sp³-hybridized carbons (Fsp3) is 0.833. The van der Waals surface area contributed by atoms with Gasteiger partial charge in [-0.15, -0.1) is 13.2 Å². The van der Waals surface area contributed by atoms with Crippen molar-refractivity contribution in [3.05, 3.63) is 23.6 Å². The second-order valence-electron chi connectivity index (χ2n) is 7.95. The van der Waals surface area contributed by atoms with Crippen LogP contribution in [0.3, 0.4) is 0 Å². The average molecular weight is 451 g/mol. The van der Waals surface area contributed by atoms with Gasteiger partial charge in [-0.2, -0.15) is 8.42 Å². The van der Waals surface area contributed by atoms with Gasteiger partial charge in [0.05, 0.1) is 4.91 Å². The number of allylic oxidation sites excluding steroid dienone is 2. The molecule has 30 heavy (non-hydrogen) atoms. The molecular formula is C24H54N2O3S. The number of hydrogen-bond acceptors (Lipinski definition) is 4. The van der Waals surface area contributed by atoms with Gasteiger partial charge >= 0.3 is 0 Å². The van der Waals surface area contributed by atoms with E-state index in [1.54, 1.807) is 13.8 Å². The Kier molecular flexibility index (Phi) is 32.2. The van der Waals surface area contributed by atoms with Crippen molar-refractivity contribution in [2.24, 2.45) is 0 Å². The average Bonchev–Trinajstić information content (AvgIpc) is 2.64. The number of hydrogen-bond donors (Lipinski definition) is 3. The Morgan fingerprint density at radius 1 is 0.633 bits per heavy atom. The zero-order valence-corrected chi connectivity index (χ0v) is 21.3. The topological polar surface area (TPSA) is 124 Å². The van der Waals surface area contributed by atoms with Crippen LogP contribution in [0, 0.1) is 0 Å². The van der Waals surface area contributed by atoms with Crippen LogP contribution in [0.1, 0.15) is 130 Å². The molecule has 0 amide bonds. The van der Waals surface area contributed by atoms with E-state index in [9.17, 15) is 13.0 Å². The molecule has 0 aromatic rings. The fourth-order valence-electron chi connectivity index (χ4n) is 3.47. The SMILES string of the molecule is C=C.CCCCCCCCCCCCCCCCCCC(=C(C)C)S(=O)(=O)O.N.N. The highest BCUT2D eigenvalue weighted by Gasteiger charge is 2.14. The predicted octanol–water partition coefficient (Wildman–Crippen LogP) is 8.95. The van der Waals surface area contributed by atoms with Gasteiger partial charge in [-0.05, 0) is 26.7 Å². The third kappa shape index (κ3) is 25.3. The van der Waals surface area contributed by atoms with Gasteiger partial charge in [-0.1, -0.05) is 109 Å². The highest BCUT2D eigenvalue weighted by Crippen LogP contribution is 2.19. The molecular weight excluding hydrogens is 396 g/mol. The first-order valence-electron chi connectivity index (χ1n) is 11.5. The van der Waals surface area contributed by atoms with Crippen LogP contribution in [-0.2, 0) is 10.1 Å². The summed E-state index contributed by atoms with van der Waals surface area (Å²) in [6.07, 6.45) is 21.4. The molecule has 5 nitrogen and oxygen atoms in total. The molecule has 0 spiro atoms. The zero-order valence-electron chi connectivity index (χ0n) is 20.5. The van der Waals surface area contributed by atoms with Crippen molar-refractivity contribution in [3.63, 3.8) is 0 Å². The smallest absolute Gasteiger partial charge is 0.290 e. The summed E-state index contributed by atoms with van der Waals surface area (Å²) in [5, 5.41) is 0. The molecule has 0 saturated heterocycles. The van der Waals surface area contributed by atoms with Gasteiger partial charge < -0.3 is 12.3 Å². The van der Waals surface area contributed by atoms with Crippen molar-refractivity contribution in [3.8, 4) is 0 Å². The molecule has 0 rings (SSSR count). The minimum absolute atomic E-state index is 0. The molecule has 0 aromatic carbocycles. The predicted molar refractivity (Wildman–Crippen MR) is 135 cm³/mol. The second-order valence-corrected chi connectivity index (χ2v) is 9.39. The van der Waals surface area contributed by atoms with E-state index >= 15 is 0 Å². The summed E-state index contributed by atoms with van der Waals surface area (Å²) in [6, 6.07) is 0. The lowest BCUT2D eigenvalue weighted by Gasteiger charge is -2.07. The Balaban J connectivity index is -0.000000817. The van der Waals surface area contributed by atoms with Gasteiger partial charge in [-0.3, -0.25) is 4.55 Å². The van der Waals surface area contributed by atoms with Gasteiger partial charge in [0.25, 0.3) is 10.1 Å². The van der Waals surface area contributed by atoms with Crippen molar-refractivity contribution < 1.29 is 13.0 Å². The van der Waals surface area contributed by atoms with Gasteiger partial charge in [0.1, 0.15) is 0 Å². The van der Waals surface area contributed by atoms with Crippen molar-refractivity contribution in [2.75, 3.05) is 0 Å². The van der Waals surface area contributed by atoms with E-state index in [1.807, 2.05) is 0 Å². The summed E-state index contributed by atoms with van der Waals surface area (Å²) in [4.78, 5) is 0.211. The molecule has 0 radical (unpaired) electrons. The summed E-state index contributed by atoms with van der Waals surface area (Å²) >= 11 is 0. The van der Waals surface area contributed by atoms with Crippen LogP contribution >= 0.6 is 0 Å². The summed E-state index contributed by atoms with van der Waals surface area (Å²) in [5.74, 6) is 0. The summed E-state index contributed by atoms with van der Waals surface area (Å²) in [7, 11) is -4.01. The van der Waals surface area contributed by atoms with Gasteiger partial charge in [0.2, 0.25) is 0 Å². The Morgan fingerprint density at radius 3 is 1.13 bits per heavy atom. The van der Waals surface area contributed by atoms with Gasteiger partial charge in [0, 0.05) is 0 Å². The standard InChI is InChI=1S/C22H44O3S.C2H4.2H3N/c1-4-5-6-7-8-9-10-11-12-13-14-15-16-17-18-19-20-22(21(2)3)26(23,24)25;1-2;;/h4-20H2,1-3H3,(H,23,24,25);1-2H2;2*1H3. The lowest BCUT2D eigenvalue weighted by atomic mass is 10.0. The molecule has 6 heteroatoms. The van der Waals surface area contributed by atoms with E-state index < -0.39 is 10.1 Å². The normalized spacial score (nSPS) is 10.3. The summed E-state index contributed by atoms with van der Waals surface area (Å²) in [5.41, 5.74) is 0.702. The maximum atomic E-state index is 11.3. The number of rotatable bonds is 18. The molecule has 0 atom stereocenters. The highest BCUT2D eigenvalue weighted by molar-refractivity contribution is 7.89. The van der Waals surface area contributed by atoms with Gasteiger partial charge in [0.15, 0.2) is 0 Å². The van der Waals surface area contributed by atoms with Crippen molar-refractivity contribution >= 4 is 10.1 Å². The van der Waals surface area contributed by atoms with Crippen LogP contribution in [0.2, 0.25) is 0 Å². The summed E-state index contributed by atoms with van der Waals surface area (Å²) < 4.78 is 31.7. The molecule has 7 N–H and O–H groups in total. The highest BCUT2D eigenvalue weighted by atomic mass is 32.2. The molecule has 0 fully saturated rings. The monoisotopic (exact) mass is 450 g/mol. The Hall–Kier alpha value is -0.690. The Bertz CT molecular complexity index is 473. The largest absolute Gasteiger partial charge is 0.344 e.